The quantitative estimate of drug-likeness (QED) is 0.413. The van der Waals surface area contributed by atoms with Crippen LogP contribution in [0.2, 0.25) is 5.02 Å². The maximum absolute atomic E-state index is 10.8. The Bertz CT molecular complexity index is 1270. The molecule has 2 heterocycles. The topological polar surface area (TPSA) is 73.3 Å². The first kappa shape index (κ1) is 21.1. The SMILES string of the molecule is CCc1nc2ccc(Cl)cn2c1C(O)NCc1ccc(-c2ccc(C#N)cc2C)cc1. The lowest BCUT2D eigenvalue weighted by Gasteiger charge is -2.15. The number of nitrogens with one attached hydrogen (secondary N) is 1. The van der Waals surface area contributed by atoms with E-state index in [0.29, 0.717) is 29.2 Å². The maximum atomic E-state index is 10.8. The van der Waals surface area contributed by atoms with Crippen LogP contribution < -0.4 is 5.32 Å². The van der Waals surface area contributed by atoms with Gasteiger partial charge < -0.3 is 5.11 Å². The number of fused-ring (bicyclic) bond motifs is 1. The minimum atomic E-state index is -0.871. The van der Waals surface area contributed by atoms with E-state index in [9.17, 15) is 5.11 Å². The first-order valence-corrected chi connectivity index (χ1v) is 10.6. The lowest BCUT2D eigenvalue weighted by molar-refractivity contribution is 0.130. The number of nitriles is 1. The van der Waals surface area contributed by atoms with Gasteiger partial charge in [0.25, 0.3) is 0 Å². The van der Waals surface area contributed by atoms with Gasteiger partial charge in [-0.05, 0) is 59.9 Å². The van der Waals surface area contributed by atoms with Crippen molar-refractivity contribution in [1.82, 2.24) is 14.7 Å². The van der Waals surface area contributed by atoms with Crippen molar-refractivity contribution in [3.63, 3.8) is 0 Å². The Kier molecular flexibility index (Phi) is 6.06. The molecule has 0 aliphatic rings. The lowest BCUT2D eigenvalue weighted by Crippen LogP contribution is -2.22. The molecular weight excluding hydrogens is 408 g/mol. The predicted octanol–water partition coefficient (Wildman–Crippen LogP) is 5.18. The van der Waals surface area contributed by atoms with Crippen LogP contribution in [0.3, 0.4) is 0 Å². The number of benzene rings is 2. The zero-order chi connectivity index (χ0) is 22.0. The molecule has 0 spiro atoms. The summed E-state index contributed by atoms with van der Waals surface area (Å²) in [6.07, 6.45) is 1.62. The molecular formula is C25H23ClN4O. The van der Waals surface area contributed by atoms with Crippen molar-refractivity contribution in [3.8, 4) is 17.2 Å². The van der Waals surface area contributed by atoms with Gasteiger partial charge in [0.15, 0.2) is 0 Å². The Labute approximate surface area is 186 Å². The van der Waals surface area contributed by atoms with Crippen molar-refractivity contribution in [2.45, 2.75) is 33.0 Å². The first-order chi connectivity index (χ1) is 15.0. The van der Waals surface area contributed by atoms with E-state index in [1.807, 2.05) is 54.6 Å². The van der Waals surface area contributed by atoms with E-state index in [2.05, 4.69) is 28.5 Å². The van der Waals surface area contributed by atoms with Crippen LogP contribution in [0.4, 0.5) is 0 Å². The normalized spacial score (nSPS) is 12.1. The maximum Gasteiger partial charge on any atom is 0.148 e. The van der Waals surface area contributed by atoms with Crippen molar-refractivity contribution in [1.29, 1.82) is 5.26 Å². The number of hydrogen-bond donors (Lipinski definition) is 2. The van der Waals surface area contributed by atoms with Gasteiger partial charge in [0.2, 0.25) is 0 Å². The highest BCUT2D eigenvalue weighted by molar-refractivity contribution is 6.30. The van der Waals surface area contributed by atoms with Gasteiger partial charge in [-0.15, -0.1) is 0 Å². The summed E-state index contributed by atoms with van der Waals surface area (Å²) in [4.78, 5) is 4.60. The molecule has 0 radical (unpaired) electrons. The average molecular weight is 431 g/mol. The molecule has 0 aliphatic carbocycles. The molecule has 0 saturated heterocycles. The highest BCUT2D eigenvalue weighted by Crippen LogP contribution is 2.25. The zero-order valence-corrected chi connectivity index (χ0v) is 18.2. The van der Waals surface area contributed by atoms with Crippen LogP contribution in [0.5, 0.6) is 0 Å². The molecule has 4 aromatic rings. The molecule has 5 nitrogen and oxygen atoms in total. The molecule has 0 aliphatic heterocycles. The van der Waals surface area contributed by atoms with Crippen LogP contribution in [-0.4, -0.2) is 14.5 Å². The smallest absolute Gasteiger partial charge is 0.148 e. The summed E-state index contributed by atoms with van der Waals surface area (Å²) >= 11 is 6.15. The summed E-state index contributed by atoms with van der Waals surface area (Å²) in [6.45, 7) is 4.53. The zero-order valence-electron chi connectivity index (χ0n) is 17.4. The number of imidazole rings is 1. The van der Waals surface area contributed by atoms with E-state index in [0.717, 1.165) is 33.6 Å². The number of nitrogens with zero attached hydrogens (tertiary/aromatic N) is 3. The fraction of sp³-hybridized carbons (Fsp3) is 0.200. The third kappa shape index (κ3) is 4.33. The molecule has 0 bridgehead atoms. The van der Waals surface area contributed by atoms with Crippen LogP contribution in [0.25, 0.3) is 16.8 Å². The second-order valence-electron chi connectivity index (χ2n) is 7.49. The van der Waals surface area contributed by atoms with Gasteiger partial charge in [-0.2, -0.15) is 5.26 Å². The van der Waals surface area contributed by atoms with E-state index >= 15 is 0 Å². The number of hydrogen-bond acceptors (Lipinski definition) is 4. The van der Waals surface area contributed by atoms with Crippen LogP contribution >= 0.6 is 11.6 Å². The first-order valence-electron chi connectivity index (χ1n) is 10.2. The van der Waals surface area contributed by atoms with E-state index in [1.165, 1.54) is 0 Å². The predicted molar refractivity (Wildman–Crippen MR) is 123 cm³/mol. The van der Waals surface area contributed by atoms with E-state index in [4.69, 9.17) is 16.9 Å². The summed E-state index contributed by atoms with van der Waals surface area (Å²) in [6, 6.07) is 19.7. The van der Waals surface area contributed by atoms with Crippen molar-refractivity contribution < 1.29 is 5.11 Å². The molecule has 1 unspecified atom stereocenters. The van der Waals surface area contributed by atoms with Crippen molar-refractivity contribution >= 4 is 17.2 Å². The van der Waals surface area contributed by atoms with Gasteiger partial charge in [-0.25, -0.2) is 4.98 Å². The molecule has 0 saturated carbocycles. The molecule has 31 heavy (non-hydrogen) atoms. The molecule has 156 valence electrons. The Morgan fingerprint density at radius 1 is 1.16 bits per heavy atom. The molecule has 6 heteroatoms. The molecule has 1 atom stereocenters. The Morgan fingerprint density at radius 3 is 2.61 bits per heavy atom. The highest BCUT2D eigenvalue weighted by Gasteiger charge is 2.18. The molecule has 2 aromatic heterocycles. The van der Waals surface area contributed by atoms with Crippen molar-refractivity contribution in [3.05, 3.63) is 93.9 Å². The van der Waals surface area contributed by atoms with E-state index in [1.54, 1.807) is 12.3 Å². The number of aromatic nitrogens is 2. The number of rotatable bonds is 6. The van der Waals surface area contributed by atoms with Crippen molar-refractivity contribution in [2.24, 2.45) is 0 Å². The van der Waals surface area contributed by atoms with E-state index < -0.39 is 6.23 Å². The number of aliphatic hydroxyl groups is 1. The van der Waals surface area contributed by atoms with Crippen LogP contribution in [0, 0.1) is 18.3 Å². The summed E-state index contributed by atoms with van der Waals surface area (Å²) in [7, 11) is 0. The highest BCUT2D eigenvalue weighted by atomic mass is 35.5. The Hall–Kier alpha value is -3.17. The summed E-state index contributed by atoms with van der Waals surface area (Å²) in [5, 5.41) is 23.7. The Balaban J connectivity index is 1.51. The van der Waals surface area contributed by atoms with Gasteiger partial charge in [-0.3, -0.25) is 9.72 Å². The average Bonchev–Trinajstić information content (AvgIpc) is 3.15. The van der Waals surface area contributed by atoms with Gasteiger partial charge in [0.1, 0.15) is 11.9 Å². The summed E-state index contributed by atoms with van der Waals surface area (Å²) in [5.41, 5.74) is 7.30. The molecule has 2 aromatic carbocycles. The van der Waals surface area contributed by atoms with Gasteiger partial charge in [-0.1, -0.05) is 48.9 Å². The van der Waals surface area contributed by atoms with Crippen LogP contribution in [0.1, 0.15) is 41.2 Å². The largest absolute Gasteiger partial charge is 0.373 e. The summed E-state index contributed by atoms with van der Waals surface area (Å²) < 4.78 is 1.84. The third-order valence-corrected chi connectivity index (χ3v) is 5.63. The van der Waals surface area contributed by atoms with Crippen molar-refractivity contribution in [2.75, 3.05) is 0 Å². The second-order valence-corrected chi connectivity index (χ2v) is 7.93. The van der Waals surface area contributed by atoms with Crippen LogP contribution in [-0.2, 0) is 13.0 Å². The number of aliphatic hydroxyl groups excluding tert-OH is 1. The molecule has 2 N–H and O–H groups in total. The molecule has 0 fully saturated rings. The standard InChI is InChI=1S/C25H23ClN4O/c1-3-22-24(30-15-20(26)9-11-23(30)29-22)25(31)28-14-17-4-7-19(8-5-17)21-10-6-18(13-27)12-16(21)2/h4-12,15,25,28,31H,3,14H2,1-2H3. The number of aryl methyl sites for hydroxylation is 2. The molecule has 4 rings (SSSR count). The monoisotopic (exact) mass is 430 g/mol. The number of pyridine rings is 1. The fourth-order valence-corrected chi connectivity index (χ4v) is 3.97. The fourth-order valence-electron chi connectivity index (χ4n) is 3.81. The van der Waals surface area contributed by atoms with Gasteiger partial charge in [0, 0.05) is 12.7 Å². The molecule has 0 amide bonds. The van der Waals surface area contributed by atoms with E-state index in [-0.39, 0.29) is 0 Å². The van der Waals surface area contributed by atoms with Gasteiger partial charge in [0.05, 0.1) is 28.0 Å². The van der Waals surface area contributed by atoms with Crippen LogP contribution in [0.15, 0.2) is 60.8 Å². The van der Waals surface area contributed by atoms with Gasteiger partial charge >= 0.3 is 0 Å². The lowest BCUT2D eigenvalue weighted by atomic mass is 9.98. The Morgan fingerprint density at radius 2 is 1.94 bits per heavy atom. The summed E-state index contributed by atoms with van der Waals surface area (Å²) in [5.74, 6) is 0. The second kappa shape index (κ2) is 8.91. The minimum absolute atomic E-state index is 0.505. The third-order valence-electron chi connectivity index (χ3n) is 5.41. The minimum Gasteiger partial charge on any atom is -0.373 e. The number of halogens is 1.